The van der Waals surface area contributed by atoms with E-state index in [1.54, 1.807) is 11.8 Å². The summed E-state index contributed by atoms with van der Waals surface area (Å²) >= 11 is 1.68. The highest BCUT2D eigenvalue weighted by Crippen LogP contribution is 2.08. The van der Waals surface area contributed by atoms with Gasteiger partial charge < -0.3 is 0 Å². The maximum absolute atomic E-state index is 5.28. The summed E-state index contributed by atoms with van der Waals surface area (Å²) in [5, 5.41) is 0. The predicted molar refractivity (Wildman–Crippen MR) is 31.6 cm³/mol. The largest absolute Gasteiger partial charge is 0.131 e. The van der Waals surface area contributed by atoms with Crippen LogP contribution in [0.2, 0.25) is 0 Å². The van der Waals surface area contributed by atoms with E-state index < -0.39 is 0 Å². The molecule has 0 aromatic heterocycles. The Labute approximate surface area is 43.6 Å². The van der Waals surface area contributed by atoms with Crippen molar-refractivity contribution in [2.24, 2.45) is 0 Å². The van der Waals surface area contributed by atoms with E-state index in [4.69, 9.17) is 6.58 Å². The third kappa shape index (κ3) is 4.09. The minimum atomic E-state index is 0.956. The second-order valence-electron chi connectivity index (χ2n) is 1.04. The topological polar surface area (TPSA) is 0 Å². The number of hydrogen-bond acceptors (Lipinski definition) is 1. The molecule has 35 valence electrons. The van der Waals surface area contributed by atoms with Gasteiger partial charge in [-0.15, -0.1) is 11.8 Å². The van der Waals surface area contributed by atoms with Gasteiger partial charge in [0.2, 0.25) is 0 Å². The van der Waals surface area contributed by atoms with E-state index in [1.807, 2.05) is 6.92 Å². The average Bonchev–Trinajstić information content (AvgIpc) is 1.35. The highest BCUT2D eigenvalue weighted by atomic mass is 32.2. The normalized spacial score (nSPS) is 8.33. The van der Waals surface area contributed by atoms with Crippen LogP contribution >= 0.6 is 11.8 Å². The highest BCUT2D eigenvalue weighted by Gasteiger charge is 1.76. The van der Waals surface area contributed by atoms with E-state index in [0.717, 1.165) is 10.7 Å². The second kappa shape index (κ2) is 3.29. The fourth-order valence-corrected chi connectivity index (χ4v) is 0.683. The van der Waals surface area contributed by atoms with E-state index in [9.17, 15) is 0 Å². The zero-order valence-electron chi connectivity index (χ0n) is 4.19. The molecule has 0 unspecified atom stereocenters. The van der Waals surface area contributed by atoms with Crippen LogP contribution in [-0.4, -0.2) is 5.75 Å². The monoisotopic (exact) mass is 101 g/mol. The molecule has 0 rings (SSSR count). The zero-order chi connectivity index (χ0) is 4.99. The molecule has 0 aliphatic rings. The van der Waals surface area contributed by atoms with Gasteiger partial charge in [0, 0.05) is 0 Å². The molecule has 1 heteroatoms. The molecule has 0 heterocycles. The van der Waals surface area contributed by atoms with Crippen LogP contribution in [0.15, 0.2) is 4.91 Å². The van der Waals surface area contributed by atoms with E-state index in [2.05, 4.69) is 6.92 Å². The SMILES string of the molecule is [CH]=C(C)SCC. The smallest absolute Gasteiger partial charge is 0.00518 e. The van der Waals surface area contributed by atoms with Gasteiger partial charge in [-0.05, 0) is 17.6 Å². The second-order valence-corrected chi connectivity index (χ2v) is 2.55. The summed E-state index contributed by atoms with van der Waals surface area (Å²) in [5.41, 5.74) is 0. The van der Waals surface area contributed by atoms with E-state index in [-0.39, 0.29) is 0 Å². The van der Waals surface area contributed by atoms with Gasteiger partial charge in [0.15, 0.2) is 0 Å². The van der Waals surface area contributed by atoms with E-state index >= 15 is 0 Å². The summed E-state index contributed by atoms with van der Waals surface area (Å²) in [6.07, 6.45) is 0. The van der Waals surface area contributed by atoms with Crippen molar-refractivity contribution < 1.29 is 0 Å². The van der Waals surface area contributed by atoms with Crippen LogP contribution < -0.4 is 0 Å². The summed E-state index contributed by atoms with van der Waals surface area (Å²) in [6, 6.07) is 0. The molecule has 0 fully saturated rings. The zero-order valence-corrected chi connectivity index (χ0v) is 5.01. The van der Waals surface area contributed by atoms with Crippen LogP contribution in [0.5, 0.6) is 0 Å². The Kier molecular flexibility index (Phi) is 3.34. The summed E-state index contributed by atoms with van der Waals surface area (Å²) < 4.78 is 0. The number of rotatable bonds is 2. The molecule has 0 spiro atoms. The third-order valence-corrected chi connectivity index (χ3v) is 1.12. The predicted octanol–water partition coefficient (Wildman–Crippen LogP) is 2.08. The Hall–Kier alpha value is 0.0900. The van der Waals surface area contributed by atoms with Gasteiger partial charge in [-0.1, -0.05) is 13.5 Å². The van der Waals surface area contributed by atoms with Crippen molar-refractivity contribution in [1.29, 1.82) is 0 Å². The van der Waals surface area contributed by atoms with Gasteiger partial charge in [-0.25, -0.2) is 0 Å². The Bertz CT molecular complexity index is 47.9. The fraction of sp³-hybridized carbons (Fsp3) is 0.600. The first-order valence-corrected chi connectivity index (χ1v) is 2.97. The van der Waals surface area contributed by atoms with Gasteiger partial charge in [-0.2, -0.15) is 0 Å². The van der Waals surface area contributed by atoms with Crippen molar-refractivity contribution in [3.8, 4) is 0 Å². The lowest BCUT2D eigenvalue weighted by Gasteiger charge is -1.87. The molecule has 0 aliphatic heterocycles. The molecular weight excluding hydrogens is 92.1 g/mol. The van der Waals surface area contributed by atoms with Crippen molar-refractivity contribution in [1.82, 2.24) is 0 Å². The van der Waals surface area contributed by atoms with Gasteiger partial charge >= 0.3 is 0 Å². The highest BCUT2D eigenvalue weighted by molar-refractivity contribution is 8.02. The van der Waals surface area contributed by atoms with E-state index in [0.29, 0.717) is 0 Å². The standard InChI is InChI=1S/C5H9S/c1-4-6-5(2)3/h2H,4H2,1,3H3. The lowest BCUT2D eigenvalue weighted by molar-refractivity contribution is 1.52. The van der Waals surface area contributed by atoms with Gasteiger partial charge in [0.25, 0.3) is 0 Å². The number of thioether (sulfide) groups is 1. The van der Waals surface area contributed by atoms with Gasteiger partial charge in [0.1, 0.15) is 0 Å². The molecule has 0 saturated carbocycles. The number of hydrogen-bond donors (Lipinski definition) is 0. The maximum Gasteiger partial charge on any atom is -0.00518 e. The number of allylic oxidation sites excluding steroid dienone is 1. The molecule has 0 nitrogen and oxygen atoms in total. The molecular formula is C5H9S. The van der Waals surface area contributed by atoms with Gasteiger partial charge in [0.05, 0.1) is 0 Å². The Morgan fingerprint density at radius 3 is 2.33 bits per heavy atom. The van der Waals surface area contributed by atoms with Crippen molar-refractivity contribution in [2.75, 3.05) is 5.75 Å². The fourth-order valence-electron chi connectivity index (χ4n) is 0.228. The molecule has 0 aromatic carbocycles. The average molecular weight is 101 g/mol. The molecule has 1 radical (unpaired) electrons. The van der Waals surface area contributed by atoms with Crippen molar-refractivity contribution in [2.45, 2.75) is 13.8 Å². The van der Waals surface area contributed by atoms with Crippen LogP contribution in [-0.2, 0) is 0 Å². The van der Waals surface area contributed by atoms with Crippen LogP contribution in [0.3, 0.4) is 0 Å². The van der Waals surface area contributed by atoms with Crippen LogP contribution in [0, 0.1) is 6.58 Å². The first-order valence-electron chi connectivity index (χ1n) is 1.99. The summed E-state index contributed by atoms with van der Waals surface area (Å²) in [5.74, 6) is 1.09. The van der Waals surface area contributed by atoms with Crippen LogP contribution in [0.25, 0.3) is 0 Å². The molecule has 0 bridgehead atoms. The van der Waals surface area contributed by atoms with Crippen molar-refractivity contribution in [3.05, 3.63) is 11.5 Å². The molecule has 0 saturated heterocycles. The quantitative estimate of drug-likeness (QED) is 0.513. The molecule has 6 heavy (non-hydrogen) atoms. The molecule has 0 atom stereocenters. The first-order chi connectivity index (χ1) is 2.77. The van der Waals surface area contributed by atoms with Crippen molar-refractivity contribution >= 4 is 11.8 Å². The lowest BCUT2D eigenvalue weighted by Crippen LogP contribution is -1.62. The Balaban J connectivity index is 2.83. The summed E-state index contributed by atoms with van der Waals surface area (Å²) in [7, 11) is 0. The lowest BCUT2D eigenvalue weighted by atomic mass is 10.8. The third-order valence-electron chi connectivity index (χ3n) is 0.372. The van der Waals surface area contributed by atoms with Crippen LogP contribution in [0.4, 0.5) is 0 Å². The molecule has 0 amide bonds. The summed E-state index contributed by atoms with van der Waals surface area (Å²) in [6.45, 7) is 9.28. The molecule has 0 aliphatic carbocycles. The summed E-state index contributed by atoms with van der Waals surface area (Å²) in [4.78, 5) is 0.956. The Morgan fingerprint density at radius 1 is 1.83 bits per heavy atom. The minimum Gasteiger partial charge on any atom is -0.131 e. The maximum atomic E-state index is 5.28. The van der Waals surface area contributed by atoms with Crippen LogP contribution in [0.1, 0.15) is 13.8 Å². The first kappa shape index (κ1) is 6.09. The minimum absolute atomic E-state index is 0.956. The van der Waals surface area contributed by atoms with Crippen molar-refractivity contribution in [3.63, 3.8) is 0 Å². The Morgan fingerprint density at radius 2 is 2.33 bits per heavy atom. The van der Waals surface area contributed by atoms with E-state index in [1.165, 1.54) is 0 Å². The molecule has 0 aromatic rings. The molecule has 0 N–H and O–H groups in total. The van der Waals surface area contributed by atoms with Gasteiger partial charge in [-0.3, -0.25) is 0 Å².